The summed E-state index contributed by atoms with van der Waals surface area (Å²) in [6.45, 7) is 6.01. The van der Waals surface area contributed by atoms with E-state index in [0.29, 0.717) is 17.8 Å². The second kappa shape index (κ2) is 7.89. The van der Waals surface area contributed by atoms with Crippen LogP contribution in [0.2, 0.25) is 0 Å². The predicted molar refractivity (Wildman–Crippen MR) is 103 cm³/mol. The van der Waals surface area contributed by atoms with E-state index in [4.69, 9.17) is 4.99 Å². The van der Waals surface area contributed by atoms with Gasteiger partial charge >= 0.3 is 0 Å². The van der Waals surface area contributed by atoms with Crippen molar-refractivity contribution in [1.82, 2.24) is 25.4 Å². The van der Waals surface area contributed by atoms with Crippen molar-refractivity contribution < 1.29 is 0 Å². The van der Waals surface area contributed by atoms with Gasteiger partial charge in [-0.1, -0.05) is 30.3 Å². The van der Waals surface area contributed by atoms with Crippen LogP contribution in [0.15, 0.2) is 41.7 Å². The third-order valence-corrected chi connectivity index (χ3v) is 5.58. The average Bonchev–Trinajstić information content (AvgIpc) is 3.26. The molecule has 2 aliphatic rings. The highest BCUT2D eigenvalue weighted by molar-refractivity contribution is 5.80. The zero-order valence-corrected chi connectivity index (χ0v) is 15.4. The van der Waals surface area contributed by atoms with E-state index in [0.717, 1.165) is 50.8 Å². The summed E-state index contributed by atoms with van der Waals surface area (Å²) in [5.41, 5.74) is 1.46. The van der Waals surface area contributed by atoms with Crippen LogP contribution < -0.4 is 5.32 Å². The van der Waals surface area contributed by atoms with Crippen LogP contribution in [0.3, 0.4) is 0 Å². The van der Waals surface area contributed by atoms with E-state index in [1.54, 1.807) is 6.33 Å². The van der Waals surface area contributed by atoms with E-state index in [9.17, 15) is 0 Å². The minimum absolute atomic E-state index is 0.488. The van der Waals surface area contributed by atoms with Crippen molar-refractivity contribution >= 4 is 5.96 Å². The molecule has 0 radical (unpaired) electrons. The van der Waals surface area contributed by atoms with Crippen LogP contribution in [-0.4, -0.2) is 52.2 Å². The summed E-state index contributed by atoms with van der Waals surface area (Å²) in [5, 5.41) is 10.5. The fourth-order valence-corrected chi connectivity index (χ4v) is 3.96. The summed E-state index contributed by atoms with van der Waals surface area (Å²) in [6.07, 6.45) is 5.05. The quantitative estimate of drug-likeness (QED) is 0.641. The molecule has 2 heterocycles. The number of rotatable bonds is 5. The molecule has 0 spiro atoms. The number of aliphatic imine (C=N–C) groups is 1. The molecule has 2 unspecified atom stereocenters. The summed E-state index contributed by atoms with van der Waals surface area (Å²) in [7, 11) is 0. The van der Waals surface area contributed by atoms with Gasteiger partial charge in [-0.2, -0.15) is 5.10 Å². The maximum absolute atomic E-state index is 4.96. The lowest BCUT2D eigenvalue weighted by Gasteiger charge is -2.33. The molecule has 1 aromatic carbocycles. The molecule has 1 aromatic heterocycles. The molecule has 1 aliphatic heterocycles. The largest absolute Gasteiger partial charge is 0.357 e. The Bertz CT molecular complexity index is 703. The van der Waals surface area contributed by atoms with E-state index < -0.39 is 0 Å². The molecule has 6 nitrogen and oxygen atoms in total. The number of hydrogen-bond acceptors (Lipinski definition) is 3. The highest BCUT2D eigenvalue weighted by Gasteiger charge is 2.38. The van der Waals surface area contributed by atoms with Gasteiger partial charge in [0.1, 0.15) is 12.2 Å². The molecule has 0 bridgehead atoms. The van der Waals surface area contributed by atoms with Crippen molar-refractivity contribution in [2.24, 2.45) is 10.9 Å². The number of nitrogens with one attached hydrogen (secondary N) is 2. The van der Waals surface area contributed by atoms with Crippen molar-refractivity contribution in [2.75, 3.05) is 26.2 Å². The second-order valence-electron chi connectivity index (χ2n) is 7.34. The number of hydrogen-bond donors (Lipinski definition) is 2. The van der Waals surface area contributed by atoms with Gasteiger partial charge < -0.3 is 10.2 Å². The topological polar surface area (TPSA) is 69.2 Å². The van der Waals surface area contributed by atoms with Gasteiger partial charge in [-0.15, -0.1) is 0 Å². The second-order valence-corrected chi connectivity index (χ2v) is 7.34. The molecule has 4 rings (SSSR count). The number of likely N-dealkylation sites (tertiary alicyclic amines) is 1. The van der Waals surface area contributed by atoms with Crippen LogP contribution >= 0.6 is 0 Å². The van der Waals surface area contributed by atoms with Crippen LogP contribution in [0.1, 0.15) is 49.4 Å². The van der Waals surface area contributed by atoms with Crippen LogP contribution in [0.4, 0.5) is 0 Å². The average molecular weight is 352 g/mol. The van der Waals surface area contributed by atoms with Crippen molar-refractivity contribution in [3.63, 3.8) is 0 Å². The molecule has 6 heteroatoms. The number of aromatic amines is 1. The summed E-state index contributed by atoms with van der Waals surface area (Å²) in [6, 6.07) is 10.8. The smallest absolute Gasteiger partial charge is 0.193 e. The van der Waals surface area contributed by atoms with Crippen molar-refractivity contribution in [3.05, 3.63) is 48.0 Å². The maximum atomic E-state index is 4.96. The Labute approximate surface area is 155 Å². The van der Waals surface area contributed by atoms with Crippen LogP contribution in [0.25, 0.3) is 0 Å². The first-order chi connectivity index (χ1) is 12.8. The van der Waals surface area contributed by atoms with Crippen molar-refractivity contribution in [3.8, 4) is 0 Å². The first kappa shape index (κ1) is 17.1. The lowest BCUT2D eigenvalue weighted by atomic mass is 9.96. The number of guanidine groups is 1. The third-order valence-electron chi connectivity index (χ3n) is 5.58. The Morgan fingerprint density at radius 1 is 1.27 bits per heavy atom. The Balaban J connectivity index is 1.32. The Kier molecular flexibility index (Phi) is 5.18. The molecule has 1 saturated carbocycles. The number of benzene rings is 1. The molecule has 2 N–H and O–H groups in total. The molecule has 2 aromatic rings. The van der Waals surface area contributed by atoms with Crippen molar-refractivity contribution in [1.29, 1.82) is 0 Å². The Morgan fingerprint density at radius 3 is 2.77 bits per heavy atom. The third kappa shape index (κ3) is 3.89. The van der Waals surface area contributed by atoms with Crippen LogP contribution in [-0.2, 0) is 0 Å². The van der Waals surface area contributed by atoms with Gasteiger partial charge in [0.15, 0.2) is 5.96 Å². The molecule has 2 fully saturated rings. The molecule has 2 atom stereocenters. The summed E-state index contributed by atoms with van der Waals surface area (Å²) in [4.78, 5) is 11.7. The van der Waals surface area contributed by atoms with E-state index in [1.807, 2.05) is 0 Å². The fourth-order valence-electron chi connectivity index (χ4n) is 3.96. The lowest BCUT2D eigenvalue weighted by molar-refractivity contribution is 0.298. The molecular formula is C20H28N6. The molecule has 1 saturated heterocycles. The zero-order valence-electron chi connectivity index (χ0n) is 15.4. The van der Waals surface area contributed by atoms with Gasteiger partial charge in [-0.3, -0.25) is 10.1 Å². The summed E-state index contributed by atoms with van der Waals surface area (Å²) in [5.74, 6) is 3.97. The standard InChI is InChI=1S/C20H28N6/c1-2-21-20(22-13-17-12-18(17)15-6-4-3-5-7-15)26-10-8-16(9-11-26)19-23-14-24-25-19/h3-7,14,16-18H,2,8-13H2,1H3,(H,21,22)(H,23,24,25). The molecule has 138 valence electrons. The predicted octanol–water partition coefficient (Wildman–Crippen LogP) is 2.75. The van der Waals surface area contributed by atoms with E-state index in [1.165, 1.54) is 12.0 Å². The number of nitrogens with zero attached hydrogens (tertiary/aromatic N) is 4. The zero-order chi connectivity index (χ0) is 17.8. The summed E-state index contributed by atoms with van der Waals surface area (Å²) >= 11 is 0. The van der Waals surface area contributed by atoms with Gasteiger partial charge in [0.25, 0.3) is 0 Å². The molecule has 0 amide bonds. The van der Waals surface area contributed by atoms with Crippen LogP contribution in [0.5, 0.6) is 0 Å². The normalized spacial score (nSPS) is 23.9. The first-order valence-electron chi connectivity index (χ1n) is 9.78. The number of piperidine rings is 1. The van der Waals surface area contributed by atoms with Gasteiger partial charge in [0.05, 0.1) is 0 Å². The minimum atomic E-state index is 0.488. The molecular weight excluding hydrogens is 324 g/mol. The van der Waals surface area contributed by atoms with Crippen LogP contribution in [0, 0.1) is 5.92 Å². The SMILES string of the molecule is CCNC(=NCC1CC1c1ccccc1)N1CCC(c2ncn[nH]2)CC1. The Hall–Kier alpha value is -2.37. The minimum Gasteiger partial charge on any atom is -0.357 e. The Morgan fingerprint density at radius 2 is 2.08 bits per heavy atom. The molecule has 1 aliphatic carbocycles. The number of aromatic nitrogens is 3. The summed E-state index contributed by atoms with van der Waals surface area (Å²) < 4.78 is 0. The highest BCUT2D eigenvalue weighted by atomic mass is 15.3. The van der Waals surface area contributed by atoms with E-state index in [2.05, 4.69) is 62.7 Å². The van der Waals surface area contributed by atoms with E-state index in [-0.39, 0.29) is 0 Å². The lowest BCUT2D eigenvalue weighted by Crippen LogP contribution is -2.45. The molecule has 26 heavy (non-hydrogen) atoms. The highest BCUT2D eigenvalue weighted by Crippen LogP contribution is 2.47. The maximum Gasteiger partial charge on any atom is 0.193 e. The number of H-pyrrole nitrogens is 1. The van der Waals surface area contributed by atoms with E-state index >= 15 is 0 Å². The first-order valence-corrected chi connectivity index (χ1v) is 9.78. The monoisotopic (exact) mass is 352 g/mol. The van der Waals surface area contributed by atoms with Gasteiger partial charge in [-0.25, -0.2) is 4.98 Å². The fraction of sp³-hybridized carbons (Fsp3) is 0.550. The van der Waals surface area contributed by atoms with Crippen molar-refractivity contribution in [2.45, 2.75) is 38.0 Å². The van der Waals surface area contributed by atoms with Gasteiger partial charge in [0, 0.05) is 32.1 Å². The van der Waals surface area contributed by atoms with Gasteiger partial charge in [0.2, 0.25) is 0 Å². The van der Waals surface area contributed by atoms with Gasteiger partial charge in [-0.05, 0) is 43.6 Å².